The Morgan fingerprint density at radius 2 is 1.70 bits per heavy atom. The molecule has 1 aromatic heterocycles. The molecule has 4 aromatic rings. The Kier molecular flexibility index (Phi) is 7.23. The molecule has 2 atom stereocenters. The second kappa shape index (κ2) is 10.1. The SMILES string of the molecule is CC(C)(O)C(Cc1ccccc1)[C@@H](S)c1cccc(C=Cc2ccc3ccc(Cl)cc3n2)c1. The predicted octanol–water partition coefficient (Wildman–Crippen LogP) is 7.66. The summed E-state index contributed by atoms with van der Waals surface area (Å²) in [6, 6.07) is 28.4. The van der Waals surface area contributed by atoms with Gasteiger partial charge < -0.3 is 5.11 Å². The molecule has 4 rings (SSSR count). The van der Waals surface area contributed by atoms with Crippen LogP contribution >= 0.6 is 24.2 Å². The molecule has 0 fully saturated rings. The van der Waals surface area contributed by atoms with Crippen LogP contribution in [0.4, 0.5) is 0 Å². The molecule has 1 heterocycles. The molecule has 0 radical (unpaired) electrons. The van der Waals surface area contributed by atoms with Gasteiger partial charge in [-0.2, -0.15) is 12.6 Å². The van der Waals surface area contributed by atoms with E-state index in [-0.39, 0.29) is 11.2 Å². The van der Waals surface area contributed by atoms with Crippen LogP contribution in [0.1, 0.15) is 41.5 Å². The lowest BCUT2D eigenvalue weighted by Gasteiger charge is -2.34. The van der Waals surface area contributed by atoms with E-state index in [1.165, 1.54) is 5.56 Å². The largest absolute Gasteiger partial charge is 0.390 e. The van der Waals surface area contributed by atoms with Gasteiger partial charge in [0, 0.05) is 21.6 Å². The molecule has 1 unspecified atom stereocenters. The normalized spacial score (nSPS) is 14.0. The fourth-order valence-corrected chi connectivity index (χ4v) is 4.87. The van der Waals surface area contributed by atoms with E-state index in [9.17, 15) is 5.11 Å². The van der Waals surface area contributed by atoms with Gasteiger partial charge in [-0.05, 0) is 61.2 Å². The first kappa shape index (κ1) is 23.6. The van der Waals surface area contributed by atoms with Gasteiger partial charge >= 0.3 is 0 Å². The van der Waals surface area contributed by atoms with Gasteiger partial charge in [-0.1, -0.05) is 84.4 Å². The summed E-state index contributed by atoms with van der Waals surface area (Å²) < 4.78 is 0. The van der Waals surface area contributed by atoms with E-state index in [1.54, 1.807) is 0 Å². The zero-order valence-electron chi connectivity index (χ0n) is 18.8. The maximum Gasteiger partial charge on any atom is 0.0724 e. The Labute approximate surface area is 206 Å². The number of pyridine rings is 1. The Morgan fingerprint density at radius 1 is 0.939 bits per heavy atom. The van der Waals surface area contributed by atoms with Crippen LogP contribution in [0.5, 0.6) is 0 Å². The van der Waals surface area contributed by atoms with Crippen molar-refractivity contribution in [3.05, 3.63) is 112 Å². The van der Waals surface area contributed by atoms with Crippen LogP contribution in [0.25, 0.3) is 23.1 Å². The highest BCUT2D eigenvalue weighted by molar-refractivity contribution is 7.80. The van der Waals surface area contributed by atoms with E-state index in [4.69, 9.17) is 29.2 Å². The standard InChI is InChI=1S/C29H28ClNOS/c1-29(2,32)26(18-20-7-4-3-5-8-20)28(33)23-10-6-9-21(17-23)11-15-25-16-13-22-12-14-24(30)19-27(22)31-25/h3-17,19,26,28,32-33H,18H2,1-2H3/t26?,28-/m0/s1. The van der Waals surface area contributed by atoms with Crippen molar-refractivity contribution in [1.29, 1.82) is 0 Å². The Morgan fingerprint density at radius 3 is 2.45 bits per heavy atom. The third kappa shape index (κ3) is 6.05. The van der Waals surface area contributed by atoms with Gasteiger partial charge in [0.05, 0.1) is 16.8 Å². The van der Waals surface area contributed by atoms with Crippen molar-refractivity contribution in [1.82, 2.24) is 4.98 Å². The minimum Gasteiger partial charge on any atom is -0.390 e. The van der Waals surface area contributed by atoms with Crippen LogP contribution in [-0.4, -0.2) is 15.7 Å². The number of aliphatic hydroxyl groups is 1. The smallest absolute Gasteiger partial charge is 0.0724 e. The van der Waals surface area contributed by atoms with Gasteiger partial charge in [-0.15, -0.1) is 0 Å². The molecule has 4 heteroatoms. The van der Waals surface area contributed by atoms with Crippen molar-refractivity contribution in [2.24, 2.45) is 5.92 Å². The number of aromatic nitrogens is 1. The number of hydrogen-bond acceptors (Lipinski definition) is 3. The molecule has 0 saturated heterocycles. The van der Waals surface area contributed by atoms with E-state index in [2.05, 4.69) is 42.5 Å². The summed E-state index contributed by atoms with van der Waals surface area (Å²) in [6.07, 6.45) is 4.81. The number of thiol groups is 1. The average Bonchev–Trinajstić information content (AvgIpc) is 2.80. The molecular formula is C29H28ClNOS. The summed E-state index contributed by atoms with van der Waals surface area (Å²) in [6.45, 7) is 3.73. The van der Waals surface area contributed by atoms with Crippen molar-refractivity contribution in [2.45, 2.75) is 31.1 Å². The first-order valence-corrected chi connectivity index (χ1v) is 12.0. The monoisotopic (exact) mass is 473 g/mol. The number of halogens is 1. The maximum atomic E-state index is 10.9. The van der Waals surface area contributed by atoms with E-state index < -0.39 is 5.60 Å². The van der Waals surface area contributed by atoms with Gasteiger partial charge in [-0.3, -0.25) is 0 Å². The molecule has 168 valence electrons. The molecule has 0 spiro atoms. The van der Waals surface area contributed by atoms with E-state index in [0.717, 1.165) is 34.1 Å². The molecule has 1 N–H and O–H groups in total. The Balaban J connectivity index is 1.57. The van der Waals surface area contributed by atoms with Crippen LogP contribution < -0.4 is 0 Å². The van der Waals surface area contributed by atoms with Gasteiger partial charge in [0.25, 0.3) is 0 Å². The predicted molar refractivity (Wildman–Crippen MR) is 144 cm³/mol. The number of benzene rings is 3. The summed E-state index contributed by atoms with van der Waals surface area (Å²) in [7, 11) is 0. The molecule has 33 heavy (non-hydrogen) atoms. The van der Waals surface area contributed by atoms with E-state index in [0.29, 0.717) is 5.02 Å². The Hall–Kier alpha value is -2.59. The van der Waals surface area contributed by atoms with Crippen LogP contribution in [0.3, 0.4) is 0 Å². The highest BCUT2D eigenvalue weighted by Crippen LogP contribution is 2.38. The Bertz CT molecular complexity index is 1260. The minimum atomic E-state index is -0.871. The molecule has 3 aromatic carbocycles. The number of nitrogens with zero attached hydrogens (tertiary/aromatic N) is 1. The highest BCUT2D eigenvalue weighted by Gasteiger charge is 2.33. The molecule has 2 nitrogen and oxygen atoms in total. The van der Waals surface area contributed by atoms with Crippen molar-refractivity contribution < 1.29 is 5.11 Å². The van der Waals surface area contributed by atoms with Crippen LogP contribution in [0.15, 0.2) is 84.9 Å². The van der Waals surface area contributed by atoms with E-state index in [1.807, 2.05) is 68.5 Å². The fourth-order valence-electron chi connectivity index (χ4n) is 4.08. The molecular weight excluding hydrogens is 446 g/mol. The van der Waals surface area contributed by atoms with Gasteiger partial charge in [-0.25, -0.2) is 4.98 Å². The summed E-state index contributed by atoms with van der Waals surface area (Å²) in [5.74, 6) is -0.0469. The second-order valence-corrected chi connectivity index (χ2v) is 9.96. The number of fused-ring (bicyclic) bond motifs is 1. The summed E-state index contributed by atoms with van der Waals surface area (Å²) in [4.78, 5) is 4.70. The maximum absolute atomic E-state index is 10.9. The summed E-state index contributed by atoms with van der Waals surface area (Å²) >= 11 is 11.1. The summed E-state index contributed by atoms with van der Waals surface area (Å²) in [5, 5.41) is 12.5. The quantitative estimate of drug-likeness (QED) is 0.270. The van der Waals surface area contributed by atoms with Gasteiger partial charge in [0.2, 0.25) is 0 Å². The first-order chi connectivity index (χ1) is 15.8. The van der Waals surface area contributed by atoms with Gasteiger partial charge in [0.15, 0.2) is 0 Å². The van der Waals surface area contributed by atoms with Gasteiger partial charge in [0.1, 0.15) is 0 Å². The van der Waals surface area contributed by atoms with E-state index >= 15 is 0 Å². The van der Waals surface area contributed by atoms with Crippen molar-refractivity contribution in [2.75, 3.05) is 0 Å². The third-order valence-corrected chi connectivity index (χ3v) is 6.85. The first-order valence-electron chi connectivity index (χ1n) is 11.1. The topological polar surface area (TPSA) is 33.1 Å². The minimum absolute atomic E-state index is 0.0469. The lowest BCUT2D eigenvalue weighted by Crippen LogP contribution is -2.35. The molecule has 0 amide bonds. The molecule has 0 aliphatic heterocycles. The zero-order chi connectivity index (χ0) is 23.4. The van der Waals surface area contributed by atoms with Crippen molar-refractivity contribution in [3.63, 3.8) is 0 Å². The number of rotatable bonds is 7. The molecule has 0 saturated carbocycles. The van der Waals surface area contributed by atoms with Crippen molar-refractivity contribution in [3.8, 4) is 0 Å². The number of hydrogen-bond donors (Lipinski definition) is 2. The fraction of sp³-hybridized carbons (Fsp3) is 0.207. The van der Waals surface area contributed by atoms with Crippen LogP contribution in [-0.2, 0) is 6.42 Å². The molecule has 0 aliphatic rings. The molecule has 0 aliphatic carbocycles. The van der Waals surface area contributed by atoms with Crippen LogP contribution in [0.2, 0.25) is 5.02 Å². The van der Waals surface area contributed by atoms with Crippen molar-refractivity contribution >= 4 is 47.3 Å². The third-order valence-electron chi connectivity index (χ3n) is 5.96. The second-order valence-electron chi connectivity index (χ2n) is 8.97. The molecule has 0 bridgehead atoms. The summed E-state index contributed by atoms with van der Waals surface area (Å²) in [5.41, 5.74) is 4.22. The lowest BCUT2D eigenvalue weighted by molar-refractivity contribution is 0.0160. The zero-order valence-corrected chi connectivity index (χ0v) is 20.5. The average molecular weight is 474 g/mol. The lowest BCUT2D eigenvalue weighted by atomic mass is 9.80. The van der Waals surface area contributed by atoms with Crippen LogP contribution in [0, 0.1) is 5.92 Å². The highest BCUT2D eigenvalue weighted by atomic mass is 35.5.